The van der Waals surface area contributed by atoms with E-state index in [1.54, 1.807) is 0 Å². The first-order chi connectivity index (χ1) is 8.24. The molecule has 0 radical (unpaired) electrons. The Morgan fingerprint density at radius 3 is 2.71 bits per heavy atom. The van der Waals surface area contributed by atoms with Crippen LogP contribution in [0.4, 0.5) is 5.69 Å². The van der Waals surface area contributed by atoms with E-state index in [1.807, 2.05) is 0 Å². The number of aryl methyl sites for hydroxylation is 1. The van der Waals surface area contributed by atoms with E-state index >= 15 is 0 Å². The molecule has 1 aliphatic rings. The number of anilines is 1. The molecule has 0 unspecified atom stereocenters. The van der Waals surface area contributed by atoms with Crippen molar-refractivity contribution in [2.24, 2.45) is 5.73 Å². The Morgan fingerprint density at radius 1 is 1.35 bits per heavy atom. The number of para-hydroxylation sites is 1. The number of hydrogen-bond donors (Lipinski definition) is 1. The van der Waals surface area contributed by atoms with Crippen LogP contribution in [0.3, 0.4) is 0 Å². The number of ether oxygens (including phenoxy) is 1. The van der Waals surface area contributed by atoms with Gasteiger partial charge in [-0.15, -0.1) is 0 Å². The smallest absolute Gasteiger partial charge is 0.0485 e. The summed E-state index contributed by atoms with van der Waals surface area (Å²) in [5.74, 6) is 0. The molecule has 0 amide bonds. The Bertz CT molecular complexity index is 372. The third-order valence-electron chi connectivity index (χ3n) is 3.63. The normalized spacial score (nSPS) is 17.1. The average molecular weight is 234 g/mol. The Labute approximate surface area is 104 Å². The van der Waals surface area contributed by atoms with Crippen molar-refractivity contribution in [1.29, 1.82) is 0 Å². The van der Waals surface area contributed by atoms with Gasteiger partial charge in [-0.3, -0.25) is 0 Å². The van der Waals surface area contributed by atoms with E-state index in [-0.39, 0.29) is 0 Å². The lowest BCUT2D eigenvalue weighted by Gasteiger charge is -2.35. The van der Waals surface area contributed by atoms with Gasteiger partial charge in [-0.1, -0.05) is 18.2 Å². The van der Waals surface area contributed by atoms with Crippen molar-refractivity contribution in [2.45, 2.75) is 32.4 Å². The number of rotatable bonds is 3. The van der Waals surface area contributed by atoms with Gasteiger partial charge in [0.25, 0.3) is 0 Å². The largest absolute Gasteiger partial charge is 0.381 e. The van der Waals surface area contributed by atoms with E-state index in [0.717, 1.165) is 26.1 Å². The predicted molar refractivity (Wildman–Crippen MR) is 71.3 cm³/mol. The molecule has 1 aromatic carbocycles. The van der Waals surface area contributed by atoms with Crippen LogP contribution in [0.15, 0.2) is 18.2 Å². The molecule has 1 aromatic rings. The summed E-state index contributed by atoms with van der Waals surface area (Å²) in [6.45, 7) is 4.51. The highest BCUT2D eigenvalue weighted by atomic mass is 16.5. The Morgan fingerprint density at radius 2 is 2.06 bits per heavy atom. The molecule has 94 valence electrons. The molecule has 0 bridgehead atoms. The molecular weight excluding hydrogens is 212 g/mol. The van der Waals surface area contributed by atoms with Crippen LogP contribution in [-0.2, 0) is 11.3 Å². The van der Waals surface area contributed by atoms with Crippen LogP contribution in [0.2, 0.25) is 0 Å². The fraction of sp³-hybridized carbons (Fsp3) is 0.571. The van der Waals surface area contributed by atoms with E-state index < -0.39 is 0 Å². The van der Waals surface area contributed by atoms with Gasteiger partial charge in [0.2, 0.25) is 0 Å². The number of nitrogens with two attached hydrogens (primary N) is 1. The van der Waals surface area contributed by atoms with Gasteiger partial charge in [0.15, 0.2) is 0 Å². The molecule has 1 aliphatic heterocycles. The summed E-state index contributed by atoms with van der Waals surface area (Å²) in [5.41, 5.74) is 9.69. The summed E-state index contributed by atoms with van der Waals surface area (Å²) in [5, 5.41) is 0. The van der Waals surface area contributed by atoms with Gasteiger partial charge < -0.3 is 15.4 Å². The van der Waals surface area contributed by atoms with E-state index in [9.17, 15) is 0 Å². The fourth-order valence-electron chi connectivity index (χ4n) is 2.64. The molecule has 1 saturated heterocycles. The third-order valence-corrected chi connectivity index (χ3v) is 3.63. The molecule has 0 atom stereocenters. The summed E-state index contributed by atoms with van der Waals surface area (Å²) in [7, 11) is 2.18. The first-order valence-electron chi connectivity index (χ1n) is 6.33. The van der Waals surface area contributed by atoms with Crippen LogP contribution in [0.25, 0.3) is 0 Å². The minimum atomic E-state index is 0.579. The van der Waals surface area contributed by atoms with Crippen molar-refractivity contribution in [3.63, 3.8) is 0 Å². The number of hydrogen-bond acceptors (Lipinski definition) is 3. The summed E-state index contributed by atoms with van der Waals surface area (Å²) in [4.78, 5) is 2.39. The molecule has 0 aromatic heterocycles. The van der Waals surface area contributed by atoms with Gasteiger partial charge in [-0.05, 0) is 30.9 Å². The van der Waals surface area contributed by atoms with Crippen LogP contribution in [0, 0.1) is 6.92 Å². The lowest BCUT2D eigenvalue weighted by Crippen LogP contribution is -2.37. The lowest BCUT2D eigenvalue weighted by molar-refractivity contribution is 0.0854. The zero-order valence-corrected chi connectivity index (χ0v) is 10.8. The maximum atomic E-state index is 5.84. The van der Waals surface area contributed by atoms with Gasteiger partial charge in [0.1, 0.15) is 0 Å². The van der Waals surface area contributed by atoms with Gasteiger partial charge in [-0.25, -0.2) is 0 Å². The maximum Gasteiger partial charge on any atom is 0.0485 e. The maximum absolute atomic E-state index is 5.84. The topological polar surface area (TPSA) is 38.5 Å². The second-order valence-corrected chi connectivity index (χ2v) is 4.74. The van der Waals surface area contributed by atoms with Crippen LogP contribution in [0.1, 0.15) is 24.0 Å². The van der Waals surface area contributed by atoms with Crippen LogP contribution in [-0.4, -0.2) is 26.3 Å². The first kappa shape index (κ1) is 12.4. The van der Waals surface area contributed by atoms with E-state index in [2.05, 4.69) is 37.1 Å². The van der Waals surface area contributed by atoms with Crippen LogP contribution < -0.4 is 10.6 Å². The summed E-state index contributed by atoms with van der Waals surface area (Å²) in [6, 6.07) is 6.94. The molecule has 2 rings (SSSR count). The van der Waals surface area contributed by atoms with Crippen molar-refractivity contribution >= 4 is 5.69 Å². The van der Waals surface area contributed by atoms with Gasteiger partial charge in [-0.2, -0.15) is 0 Å². The Balaban J connectivity index is 2.25. The van der Waals surface area contributed by atoms with E-state index in [1.165, 1.54) is 16.8 Å². The highest BCUT2D eigenvalue weighted by molar-refractivity contribution is 5.59. The molecule has 0 spiro atoms. The number of benzene rings is 1. The zero-order chi connectivity index (χ0) is 12.3. The lowest BCUT2D eigenvalue weighted by atomic mass is 10.0. The second-order valence-electron chi connectivity index (χ2n) is 4.74. The molecule has 3 heteroatoms. The standard InChI is InChI=1S/C14H22N2O/c1-11-4-3-5-12(10-15)14(11)16(2)13-6-8-17-9-7-13/h3-5,13H,6-10,15H2,1-2H3. The minimum Gasteiger partial charge on any atom is -0.381 e. The van der Waals surface area contributed by atoms with E-state index in [4.69, 9.17) is 10.5 Å². The molecule has 0 saturated carbocycles. The number of nitrogens with zero attached hydrogens (tertiary/aromatic N) is 1. The second kappa shape index (κ2) is 5.52. The van der Waals surface area contributed by atoms with Crippen LogP contribution in [0.5, 0.6) is 0 Å². The molecule has 1 heterocycles. The highest BCUT2D eigenvalue weighted by Gasteiger charge is 2.21. The molecule has 2 N–H and O–H groups in total. The summed E-state index contributed by atoms with van der Waals surface area (Å²) < 4.78 is 5.42. The third kappa shape index (κ3) is 2.61. The SMILES string of the molecule is Cc1cccc(CN)c1N(C)C1CCOCC1. The van der Waals surface area contributed by atoms with Gasteiger partial charge in [0, 0.05) is 38.5 Å². The molecule has 17 heavy (non-hydrogen) atoms. The predicted octanol–water partition coefficient (Wildman–Crippen LogP) is 2.07. The fourth-order valence-corrected chi connectivity index (χ4v) is 2.64. The molecule has 0 aliphatic carbocycles. The highest BCUT2D eigenvalue weighted by Crippen LogP contribution is 2.28. The van der Waals surface area contributed by atoms with Crippen molar-refractivity contribution in [3.8, 4) is 0 Å². The first-order valence-corrected chi connectivity index (χ1v) is 6.33. The molecule has 3 nitrogen and oxygen atoms in total. The Kier molecular flexibility index (Phi) is 4.02. The van der Waals surface area contributed by atoms with Gasteiger partial charge in [0.05, 0.1) is 0 Å². The monoisotopic (exact) mass is 234 g/mol. The van der Waals surface area contributed by atoms with Gasteiger partial charge >= 0.3 is 0 Å². The average Bonchev–Trinajstić information content (AvgIpc) is 2.38. The molecular formula is C14H22N2O. The Hall–Kier alpha value is -1.06. The van der Waals surface area contributed by atoms with Crippen molar-refractivity contribution in [1.82, 2.24) is 0 Å². The van der Waals surface area contributed by atoms with Crippen molar-refractivity contribution in [3.05, 3.63) is 29.3 Å². The quantitative estimate of drug-likeness (QED) is 0.870. The summed E-state index contributed by atoms with van der Waals surface area (Å²) >= 11 is 0. The van der Waals surface area contributed by atoms with Crippen molar-refractivity contribution < 1.29 is 4.74 Å². The zero-order valence-electron chi connectivity index (χ0n) is 10.8. The molecule has 1 fully saturated rings. The summed E-state index contributed by atoms with van der Waals surface area (Å²) in [6.07, 6.45) is 2.21. The van der Waals surface area contributed by atoms with E-state index in [0.29, 0.717) is 12.6 Å². The van der Waals surface area contributed by atoms with Crippen molar-refractivity contribution in [2.75, 3.05) is 25.2 Å². The minimum absolute atomic E-state index is 0.579. The van der Waals surface area contributed by atoms with Crippen LogP contribution >= 0.6 is 0 Å².